The van der Waals surface area contributed by atoms with Gasteiger partial charge < -0.3 is 21.5 Å². The van der Waals surface area contributed by atoms with Crippen LogP contribution in [0.2, 0.25) is 0 Å². The van der Waals surface area contributed by atoms with Gasteiger partial charge in [0.1, 0.15) is 11.8 Å². The first-order chi connectivity index (χ1) is 8.60. The number of benzene rings is 1. The second-order valence-electron chi connectivity index (χ2n) is 4.24. The van der Waals surface area contributed by atoms with Gasteiger partial charge in [-0.25, -0.2) is 0 Å². The van der Waals surface area contributed by atoms with Crippen molar-refractivity contribution in [2.24, 2.45) is 5.73 Å². The molecule has 1 aromatic carbocycles. The summed E-state index contributed by atoms with van der Waals surface area (Å²) in [4.78, 5) is 22.9. The molecule has 0 radical (unpaired) electrons. The predicted octanol–water partition coefficient (Wildman–Crippen LogP) is -1.12. The SMILES string of the molecule is NCC1NC(=O)C1NC(=O)Cc1cccc(O)c1. The lowest BCUT2D eigenvalue weighted by atomic mass is 9.99. The molecule has 0 spiro atoms. The van der Waals surface area contributed by atoms with Crippen LogP contribution in [0.25, 0.3) is 0 Å². The number of hydrogen-bond acceptors (Lipinski definition) is 4. The highest BCUT2D eigenvalue weighted by Crippen LogP contribution is 2.12. The van der Waals surface area contributed by atoms with Gasteiger partial charge in [-0.05, 0) is 17.7 Å². The van der Waals surface area contributed by atoms with E-state index in [0.717, 1.165) is 0 Å². The highest BCUT2D eigenvalue weighted by Gasteiger charge is 2.39. The Morgan fingerprint density at radius 1 is 1.50 bits per heavy atom. The van der Waals surface area contributed by atoms with Gasteiger partial charge in [-0.1, -0.05) is 12.1 Å². The van der Waals surface area contributed by atoms with E-state index >= 15 is 0 Å². The fourth-order valence-electron chi connectivity index (χ4n) is 1.88. The van der Waals surface area contributed by atoms with E-state index in [1.807, 2.05) is 0 Å². The van der Waals surface area contributed by atoms with Crippen molar-refractivity contribution in [3.8, 4) is 5.75 Å². The number of aromatic hydroxyl groups is 1. The Bertz CT molecular complexity index is 475. The van der Waals surface area contributed by atoms with Crippen molar-refractivity contribution in [3.05, 3.63) is 29.8 Å². The van der Waals surface area contributed by atoms with Gasteiger partial charge in [0.15, 0.2) is 0 Å². The van der Waals surface area contributed by atoms with Crippen LogP contribution in [0.15, 0.2) is 24.3 Å². The van der Waals surface area contributed by atoms with Crippen molar-refractivity contribution in [1.29, 1.82) is 0 Å². The van der Waals surface area contributed by atoms with Gasteiger partial charge in [0.05, 0.1) is 12.5 Å². The highest BCUT2D eigenvalue weighted by molar-refractivity contribution is 5.93. The second kappa shape index (κ2) is 5.05. The Hall–Kier alpha value is -2.08. The number of carbonyl (C=O) groups excluding carboxylic acids is 2. The van der Waals surface area contributed by atoms with Crippen LogP contribution in [-0.4, -0.2) is 35.5 Å². The first-order valence-corrected chi connectivity index (χ1v) is 5.68. The minimum Gasteiger partial charge on any atom is -0.508 e. The van der Waals surface area contributed by atoms with Crippen LogP contribution < -0.4 is 16.4 Å². The molecule has 5 N–H and O–H groups in total. The van der Waals surface area contributed by atoms with E-state index in [4.69, 9.17) is 5.73 Å². The van der Waals surface area contributed by atoms with Crippen molar-refractivity contribution in [1.82, 2.24) is 10.6 Å². The zero-order valence-electron chi connectivity index (χ0n) is 9.72. The highest BCUT2D eigenvalue weighted by atomic mass is 16.3. The second-order valence-corrected chi connectivity index (χ2v) is 4.24. The summed E-state index contributed by atoms with van der Waals surface area (Å²) in [6, 6.07) is 5.72. The zero-order valence-corrected chi connectivity index (χ0v) is 9.72. The molecule has 1 aromatic rings. The lowest BCUT2D eigenvalue weighted by Crippen LogP contribution is -2.71. The number of β-lactam (4-membered cyclic amide) rings is 1. The van der Waals surface area contributed by atoms with Gasteiger partial charge in [0, 0.05) is 6.54 Å². The molecule has 2 amide bonds. The maximum absolute atomic E-state index is 11.7. The van der Waals surface area contributed by atoms with Gasteiger partial charge >= 0.3 is 0 Å². The molecule has 2 atom stereocenters. The average Bonchev–Trinajstić information content (AvgIpc) is 2.33. The largest absolute Gasteiger partial charge is 0.508 e. The minimum atomic E-state index is -0.542. The van der Waals surface area contributed by atoms with Crippen molar-refractivity contribution >= 4 is 11.8 Å². The molecule has 6 nitrogen and oxygen atoms in total. The van der Waals surface area contributed by atoms with Crippen LogP contribution in [0.5, 0.6) is 5.75 Å². The van der Waals surface area contributed by atoms with Crippen LogP contribution in [0.1, 0.15) is 5.56 Å². The van der Waals surface area contributed by atoms with Crippen LogP contribution >= 0.6 is 0 Å². The fraction of sp³-hybridized carbons (Fsp3) is 0.333. The Balaban J connectivity index is 1.91. The van der Waals surface area contributed by atoms with Crippen LogP contribution in [0, 0.1) is 0 Å². The fourth-order valence-corrected chi connectivity index (χ4v) is 1.88. The normalized spacial score (nSPS) is 21.9. The molecule has 0 aliphatic carbocycles. The Kier molecular flexibility index (Phi) is 3.47. The Labute approximate surface area is 104 Å². The summed E-state index contributed by atoms with van der Waals surface area (Å²) in [7, 11) is 0. The topological polar surface area (TPSA) is 104 Å². The summed E-state index contributed by atoms with van der Waals surface area (Å²) in [6.07, 6.45) is 0.121. The van der Waals surface area contributed by atoms with E-state index in [9.17, 15) is 14.7 Å². The lowest BCUT2D eigenvalue weighted by Gasteiger charge is -2.36. The van der Waals surface area contributed by atoms with Crippen molar-refractivity contribution in [2.45, 2.75) is 18.5 Å². The maximum atomic E-state index is 11.7. The summed E-state index contributed by atoms with van der Waals surface area (Å²) in [5, 5.41) is 14.5. The molecule has 96 valence electrons. The molecule has 0 saturated carbocycles. The number of nitrogens with two attached hydrogens (primary N) is 1. The number of nitrogens with one attached hydrogen (secondary N) is 2. The number of amides is 2. The van der Waals surface area contributed by atoms with Gasteiger partial charge in [-0.15, -0.1) is 0 Å². The summed E-state index contributed by atoms with van der Waals surface area (Å²) in [6.45, 7) is 0.294. The van der Waals surface area contributed by atoms with E-state index in [-0.39, 0.29) is 30.0 Å². The third-order valence-electron chi connectivity index (χ3n) is 2.86. The Morgan fingerprint density at radius 3 is 2.89 bits per heavy atom. The van der Waals surface area contributed by atoms with E-state index in [2.05, 4.69) is 10.6 Å². The number of hydrogen-bond donors (Lipinski definition) is 4. The molecule has 1 saturated heterocycles. The average molecular weight is 249 g/mol. The molecular weight excluding hydrogens is 234 g/mol. The monoisotopic (exact) mass is 249 g/mol. The van der Waals surface area contributed by atoms with Crippen LogP contribution in [0.3, 0.4) is 0 Å². The molecule has 0 aromatic heterocycles. The molecule has 0 bridgehead atoms. The number of carbonyl (C=O) groups is 2. The van der Waals surface area contributed by atoms with Gasteiger partial charge in [-0.3, -0.25) is 9.59 Å². The van der Waals surface area contributed by atoms with E-state index in [1.165, 1.54) is 12.1 Å². The number of phenolic OH excluding ortho intramolecular Hbond substituents is 1. The van der Waals surface area contributed by atoms with Gasteiger partial charge in [0.2, 0.25) is 11.8 Å². The van der Waals surface area contributed by atoms with Gasteiger partial charge in [-0.2, -0.15) is 0 Å². The van der Waals surface area contributed by atoms with Crippen molar-refractivity contribution in [3.63, 3.8) is 0 Å². The van der Waals surface area contributed by atoms with E-state index in [1.54, 1.807) is 12.1 Å². The van der Waals surface area contributed by atoms with Crippen LogP contribution in [0.4, 0.5) is 0 Å². The van der Waals surface area contributed by atoms with E-state index < -0.39 is 6.04 Å². The zero-order chi connectivity index (χ0) is 13.1. The standard InChI is InChI=1S/C12H15N3O3/c13-6-9-11(12(18)14-9)15-10(17)5-7-2-1-3-8(16)4-7/h1-4,9,11,16H,5-6,13H2,(H,14,18)(H,15,17). The Morgan fingerprint density at radius 2 is 2.28 bits per heavy atom. The molecule has 1 aliphatic rings. The number of phenols is 1. The van der Waals surface area contributed by atoms with E-state index in [0.29, 0.717) is 12.1 Å². The van der Waals surface area contributed by atoms with Crippen LogP contribution in [-0.2, 0) is 16.0 Å². The third-order valence-corrected chi connectivity index (χ3v) is 2.86. The van der Waals surface area contributed by atoms with Crippen molar-refractivity contribution < 1.29 is 14.7 Å². The molecule has 1 heterocycles. The van der Waals surface area contributed by atoms with Crippen molar-refractivity contribution in [2.75, 3.05) is 6.54 Å². The third kappa shape index (κ3) is 2.60. The summed E-state index contributed by atoms with van der Waals surface area (Å²) < 4.78 is 0. The number of rotatable bonds is 4. The molecule has 2 unspecified atom stereocenters. The smallest absolute Gasteiger partial charge is 0.245 e. The minimum absolute atomic E-state index is 0.113. The quantitative estimate of drug-likeness (QED) is 0.507. The summed E-state index contributed by atoms with van der Waals surface area (Å²) >= 11 is 0. The lowest BCUT2D eigenvalue weighted by molar-refractivity contribution is -0.135. The molecule has 2 rings (SSSR count). The predicted molar refractivity (Wildman–Crippen MR) is 64.7 cm³/mol. The summed E-state index contributed by atoms with van der Waals surface area (Å²) in [5.41, 5.74) is 6.13. The molecule has 6 heteroatoms. The van der Waals surface area contributed by atoms with Gasteiger partial charge in [0.25, 0.3) is 0 Å². The summed E-state index contributed by atoms with van der Waals surface area (Å²) in [5.74, 6) is -0.366. The molecule has 1 fully saturated rings. The molecular formula is C12H15N3O3. The molecule has 1 aliphatic heterocycles. The molecule has 18 heavy (non-hydrogen) atoms. The maximum Gasteiger partial charge on any atom is 0.245 e. The first kappa shape index (κ1) is 12.4. The first-order valence-electron chi connectivity index (χ1n) is 5.68.